The number of benzene rings is 1. The highest BCUT2D eigenvalue weighted by molar-refractivity contribution is 5.95. The number of rotatable bonds is 5. The van der Waals surface area contributed by atoms with Crippen LogP contribution in [-0.4, -0.2) is 47.0 Å². The lowest BCUT2D eigenvalue weighted by atomic mass is 9.96. The first kappa shape index (κ1) is 19.2. The van der Waals surface area contributed by atoms with E-state index in [1.54, 1.807) is 4.90 Å². The average Bonchev–Trinajstić information content (AvgIpc) is 2.52. The number of hydrogen-bond acceptors (Lipinski definition) is 5. The van der Waals surface area contributed by atoms with Crippen molar-refractivity contribution in [3.05, 3.63) is 33.9 Å². The van der Waals surface area contributed by atoms with Gasteiger partial charge in [0, 0.05) is 24.7 Å². The second kappa shape index (κ2) is 8.69. The Hall–Kier alpha value is -1.86. The Morgan fingerprint density at radius 3 is 2.61 bits per heavy atom. The maximum atomic E-state index is 12.4. The van der Waals surface area contributed by atoms with E-state index in [2.05, 4.69) is 12.2 Å². The van der Waals surface area contributed by atoms with Crippen molar-refractivity contribution in [2.75, 3.05) is 26.2 Å². The van der Waals surface area contributed by atoms with Crippen molar-refractivity contribution < 1.29 is 14.8 Å². The molecule has 1 aliphatic rings. The van der Waals surface area contributed by atoms with E-state index in [4.69, 9.17) is 0 Å². The topological polar surface area (TPSA) is 95.7 Å². The molecule has 1 aliphatic heterocycles. The molecule has 2 rings (SSSR count). The highest BCUT2D eigenvalue weighted by Gasteiger charge is 2.24. The van der Waals surface area contributed by atoms with Crippen molar-refractivity contribution in [2.24, 2.45) is 5.92 Å². The van der Waals surface area contributed by atoms with E-state index < -0.39 is 10.7 Å². The molecule has 0 bridgehead atoms. The molecule has 1 fully saturated rings. The van der Waals surface area contributed by atoms with Crippen molar-refractivity contribution in [2.45, 2.75) is 19.8 Å². The summed E-state index contributed by atoms with van der Waals surface area (Å²) in [5, 5.41) is 23.6. The summed E-state index contributed by atoms with van der Waals surface area (Å²) >= 11 is 0. The van der Waals surface area contributed by atoms with Gasteiger partial charge in [-0.15, -0.1) is 12.4 Å². The second-order valence-corrected chi connectivity index (χ2v) is 5.50. The van der Waals surface area contributed by atoms with E-state index in [1.807, 2.05) is 0 Å². The number of aromatic hydroxyl groups is 1. The first-order valence-electron chi connectivity index (χ1n) is 7.50. The third-order valence-electron chi connectivity index (χ3n) is 4.00. The number of phenols is 1. The number of carbonyl (C=O) groups is 1. The normalized spacial score (nSPS) is 15.1. The second-order valence-electron chi connectivity index (χ2n) is 5.50. The molecule has 0 saturated carbocycles. The SMILES string of the molecule is CCNCC1CCN(C(=O)c2ccc([N+](=O)[O-])c(O)c2)CC1.Cl. The maximum absolute atomic E-state index is 12.4. The molecule has 0 radical (unpaired) electrons. The smallest absolute Gasteiger partial charge is 0.310 e. The molecule has 1 saturated heterocycles. The molecule has 7 nitrogen and oxygen atoms in total. The number of nitrogens with zero attached hydrogens (tertiary/aromatic N) is 2. The van der Waals surface area contributed by atoms with Gasteiger partial charge in [0.1, 0.15) is 0 Å². The lowest BCUT2D eigenvalue weighted by Crippen LogP contribution is -2.40. The predicted octanol–water partition coefficient (Wildman–Crippen LogP) is 2.18. The van der Waals surface area contributed by atoms with Gasteiger partial charge in [-0.25, -0.2) is 0 Å². The molecule has 23 heavy (non-hydrogen) atoms. The van der Waals surface area contributed by atoms with Crippen LogP contribution in [0.5, 0.6) is 5.75 Å². The van der Waals surface area contributed by atoms with Crippen molar-refractivity contribution >= 4 is 24.0 Å². The molecule has 1 amide bonds. The minimum Gasteiger partial charge on any atom is -0.502 e. The molecule has 0 aliphatic carbocycles. The molecule has 1 heterocycles. The minimum absolute atomic E-state index is 0. The maximum Gasteiger partial charge on any atom is 0.310 e. The Balaban J connectivity index is 0.00000264. The van der Waals surface area contributed by atoms with Gasteiger partial charge < -0.3 is 15.3 Å². The quantitative estimate of drug-likeness (QED) is 0.631. The van der Waals surface area contributed by atoms with Crippen LogP contribution in [0.1, 0.15) is 30.1 Å². The summed E-state index contributed by atoms with van der Waals surface area (Å²) in [6.45, 7) is 5.33. The first-order valence-corrected chi connectivity index (χ1v) is 7.50. The highest BCUT2D eigenvalue weighted by Crippen LogP contribution is 2.27. The molecule has 0 atom stereocenters. The van der Waals surface area contributed by atoms with E-state index in [1.165, 1.54) is 18.2 Å². The van der Waals surface area contributed by atoms with Gasteiger partial charge in [-0.2, -0.15) is 0 Å². The average molecular weight is 344 g/mol. The Kier molecular flexibility index (Phi) is 7.25. The Morgan fingerprint density at radius 1 is 1.43 bits per heavy atom. The third-order valence-corrected chi connectivity index (χ3v) is 4.00. The molecule has 2 N–H and O–H groups in total. The van der Waals surface area contributed by atoms with Crippen LogP contribution in [0.4, 0.5) is 5.69 Å². The van der Waals surface area contributed by atoms with Gasteiger partial charge >= 0.3 is 5.69 Å². The van der Waals surface area contributed by atoms with E-state index in [9.17, 15) is 20.0 Å². The Labute approximate surface area is 141 Å². The molecule has 1 aromatic carbocycles. The van der Waals surface area contributed by atoms with Crippen LogP contribution in [-0.2, 0) is 0 Å². The fourth-order valence-corrected chi connectivity index (χ4v) is 2.68. The van der Waals surface area contributed by atoms with Crippen LogP contribution in [0.2, 0.25) is 0 Å². The van der Waals surface area contributed by atoms with E-state index >= 15 is 0 Å². The molecule has 0 spiro atoms. The zero-order valence-corrected chi connectivity index (χ0v) is 13.8. The van der Waals surface area contributed by atoms with Crippen molar-refractivity contribution in [1.29, 1.82) is 0 Å². The number of nitro benzene ring substituents is 1. The van der Waals surface area contributed by atoms with E-state index in [-0.39, 0.29) is 29.6 Å². The number of carbonyl (C=O) groups excluding carboxylic acids is 1. The number of nitrogens with one attached hydrogen (secondary N) is 1. The predicted molar refractivity (Wildman–Crippen MR) is 89.2 cm³/mol. The molecule has 0 unspecified atom stereocenters. The number of amides is 1. The summed E-state index contributed by atoms with van der Waals surface area (Å²) in [5.41, 5.74) is -0.103. The van der Waals surface area contributed by atoms with Gasteiger partial charge in [0.15, 0.2) is 5.75 Å². The highest BCUT2D eigenvalue weighted by atomic mass is 35.5. The zero-order chi connectivity index (χ0) is 16.1. The minimum atomic E-state index is -0.671. The van der Waals surface area contributed by atoms with Crippen LogP contribution in [0.15, 0.2) is 18.2 Å². The van der Waals surface area contributed by atoms with Gasteiger partial charge in [0.2, 0.25) is 0 Å². The molecular weight excluding hydrogens is 322 g/mol. The number of hydrogen-bond donors (Lipinski definition) is 2. The summed E-state index contributed by atoms with van der Waals surface area (Å²) in [5.74, 6) is -0.0840. The summed E-state index contributed by atoms with van der Waals surface area (Å²) < 4.78 is 0. The lowest BCUT2D eigenvalue weighted by Gasteiger charge is -2.32. The monoisotopic (exact) mass is 343 g/mol. The summed E-state index contributed by atoms with van der Waals surface area (Å²) in [6, 6.07) is 3.73. The van der Waals surface area contributed by atoms with Crippen LogP contribution < -0.4 is 5.32 Å². The number of phenolic OH excluding ortho intramolecular Hbond substituents is 1. The van der Waals surface area contributed by atoms with Gasteiger partial charge in [0.05, 0.1) is 4.92 Å². The zero-order valence-electron chi connectivity index (χ0n) is 13.0. The number of nitro groups is 1. The van der Waals surface area contributed by atoms with Gasteiger partial charge in [-0.3, -0.25) is 14.9 Å². The van der Waals surface area contributed by atoms with Crippen LogP contribution in [0.25, 0.3) is 0 Å². The molecule has 128 valence electrons. The largest absolute Gasteiger partial charge is 0.502 e. The molecule has 1 aromatic rings. The molecular formula is C15H22ClN3O4. The molecule has 8 heteroatoms. The fraction of sp³-hybridized carbons (Fsp3) is 0.533. The number of halogens is 1. The summed E-state index contributed by atoms with van der Waals surface area (Å²) in [6.07, 6.45) is 1.88. The first-order chi connectivity index (χ1) is 10.5. The van der Waals surface area contributed by atoms with Crippen molar-refractivity contribution in [3.8, 4) is 5.75 Å². The Morgan fingerprint density at radius 2 is 2.09 bits per heavy atom. The van der Waals surface area contributed by atoms with Gasteiger partial charge in [-0.1, -0.05) is 6.92 Å². The van der Waals surface area contributed by atoms with Crippen LogP contribution >= 0.6 is 12.4 Å². The van der Waals surface area contributed by atoms with Crippen LogP contribution in [0, 0.1) is 16.0 Å². The third kappa shape index (κ3) is 4.80. The summed E-state index contributed by atoms with van der Waals surface area (Å²) in [7, 11) is 0. The van der Waals surface area contributed by atoms with Crippen molar-refractivity contribution in [3.63, 3.8) is 0 Å². The van der Waals surface area contributed by atoms with E-state index in [0.717, 1.165) is 25.9 Å². The summed E-state index contributed by atoms with van der Waals surface area (Å²) in [4.78, 5) is 24.1. The van der Waals surface area contributed by atoms with Crippen molar-refractivity contribution in [1.82, 2.24) is 10.2 Å². The van der Waals surface area contributed by atoms with Crippen LogP contribution in [0.3, 0.4) is 0 Å². The standard InChI is InChI=1S/C15H21N3O4.ClH/c1-2-16-10-11-5-7-17(8-6-11)15(20)12-3-4-13(18(21)22)14(19)9-12;/h3-4,9,11,16,19H,2,5-8,10H2,1H3;1H. The van der Waals surface area contributed by atoms with E-state index in [0.29, 0.717) is 19.0 Å². The fourth-order valence-electron chi connectivity index (χ4n) is 2.68. The molecule has 0 aromatic heterocycles. The lowest BCUT2D eigenvalue weighted by molar-refractivity contribution is -0.385. The number of piperidine rings is 1. The van der Waals surface area contributed by atoms with Gasteiger partial charge in [0.25, 0.3) is 5.91 Å². The Bertz CT molecular complexity index is 560. The number of likely N-dealkylation sites (tertiary alicyclic amines) is 1. The van der Waals surface area contributed by atoms with Gasteiger partial charge in [-0.05, 0) is 44.0 Å².